The molecule has 0 heterocycles. The standard InChI is InChI=1S/CH4NO3S.Na/c1-2-6(3,4)5;/h1H3,(H,3,4,5);/q-1;+1. The van der Waals surface area contributed by atoms with Crippen LogP contribution in [0.4, 0.5) is 0 Å². The average Bonchev–Trinajstić information content (AvgIpc) is 1.35. The summed E-state index contributed by atoms with van der Waals surface area (Å²) in [5, 5.41) is 0. The molecule has 0 aromatic carbocycles. The third kappa shape index (κ3) is 10.9. The van der Waals surface area contributed by atoms with Gasteiger partial charge in [0.05, 0.1) is 0 Å². The van der Waals surface area contributed by atoms with E-state index >= 15 is 0 Å². The summed E-state index contributed by atoms with van der Waals surface area (Å²) < 4.78 is 29.0. The van der Waals surface area contributed by atoms with Crippen molar-refractivity contribution in [1.82, 2.24) is 0 Å². The molecular weight excluding hydrogens is 129 g/mol. The van der Waals surface area contributed by atoms with Gasteiger partial charge in [-0.15, -0.1) is 7.05 Å². The van der Waals surface area contributed by atoms with Crippen LogP contribution in [0.5, 0.6) is 0 Å². The fourth-order valence-corrected chi connectivity index (χ4v) is 0. The molecule has 6 heteroatoms. The molecule has 38 valence electrons. The average molecular weight is 133 g/mol. The summed E-state index contributed by atoms with van der Waals surface area (Å²) >= 11 is 0. The van der Waals surface area contributed by atoms with Crippen molar-refractivity contribution < 1.29 is 42.5 Å². The monoisotopic (exact) mass is 133 g/mol. The van der Waals surface area contributed by atoms with Gasteiger partial charge < -0.3 is 4.72 Å². The molecule has 0 amide bonds. The quantitative estimate of drug-likeness (QED) is 0.302. The van der Waals surface area contributed by atoms with Crippen LogP contribution in [0.1, 0.15) is 0 Å². The molecule has 0 rings (SSSR count). The summed E-state index contributed by atoms with van der Waals surface area (Å²) in [6, 6.07) is 0. The maximum Gasteiger partial charge on any atom is 1.00 e. The largest absolute Gasteiger partial charge is 1.00 e. The first-order valence-electron chi connectivity index (χ1n) is 1.15. The minimum absolute atomic E-state index is 0. The molecule has 7 heavy (non-hydrogen) atoms. The van der Waals surface area contributed by atoms with E-state index in [0.29, 0.717) is 0 Å². The van der Waals surface area contributed by atoms with Gasteiger partial charge in [-0.1, -0.05) is 0 Å². The van der Waals surface area contributed by atoms with E-state index in [0.717, 1.165) is 7.05 Å². The molecule has 4 nitrogen and oxygen atoms in total. The predicted molar refractivity (Wildman–Crippen MR) is 20.8 cm³/mol. The number of nitrogens with zero attached hydrogens (tertiary/aromatic N) is 1. The Morgan fingerprint density at radius 1 is 1.57 bits per heavy atom. The van der Waals surface area contributed by atoms with Gasteiger partial charge in [0.15, 0.2) is 10.3 Å². The summed E-state index contributed by atoms with van der Waals surface area (Å²) in [5.74, 6) is 0. The molecule has 0 aliphatic carbocycles. The molecule has 0 aliphatic rings. The second kappa shape index (κ2) is 3.82. The minimum atomic E-state index is -4.04. The maximum absolute atomic E-state index is 9.39. The summed E-state index contributed by atoms with van der Waals surface area (Å²) in [4.78, 5) is 0. The molecule has 0 fully saturated rings. The molecule has 0 spiro atoms. The molecule has 1 N–H and O–H groups in total. The molecule has 0 unspecified atom stereocenters. The first-order valence-corrected chi connectivity index (χ1v) is 2.54. The van der Waals surface area contributed by atoms with Gasteiger partial charge in [-0.05, 0) is 0 Å². The van der Waals surface area contributed by atoms with Crippen molar-refractivity contribution in [1.29, 1.82) is 0 Å². The van der Waals surface area contributed by atoms with Crippen LogP contribution in [-0.2, 0) is 10.3 Å². The Morgan fingerprint density at radius 3 is 1.71 bits per heavy atom. The SMILES string of the molecule is C[N-]S(=O)(=O)O.[Na+]. The molecule has 0 aliphatic heterocycles. The molecule has 0 bridgehead atoms. The van der Waals surface area contributed by atoms with Gasteiger partial charge in [0.1, 0.15) is 0 Å². The Morgan fingerprint density at radius 2 is 1.71 bits per heavy atom. The van der Waals surface area contributed by atoms with Gasteiger partial charge in [0, 0.05) is 0 Å². The van der Waals surface area contributed by atoms with Crippen LogP contribution in [-0.4, -0.2) is 20.0 Å². The Kier molecular flexibility index (Phi) is 5.89. The van der Waals surface area contributed by atoms with Gasteiger partial charge in [-0.2, -0.15) is 0 Å². The summed E-state index contributed by atoms with van der Waals surface area (Å²) in [6.07, 6.45) is 0. The molecule has 0 saturated carbocycles. The Hall–Kier alpha value is 0.870. The van der Waals surface area contributed by atoms with Gasteiger partial charge in [0.2, 0.25) is 0 Å². The van der Waals surface area contributed by atoms with E-state index in [9.17, 15) is 8.42 Å². The maximum atomic E-state index is 9.39. The van der Waals surface area contributed by atoms with E-state index < -0.39 is 10.3 Å². The van der Waals surface area contributed by atoms with Crippen LogP contribution >= 0.6 is 0 Å². The van der Waals surface area contributed by atoms with Crippen molar-refractivity contribution in [3.05, 3.63) is 4.72 Å². The van der Waals surface area contributed by atoms with Gasteiger partial charge in [0.25, 0.3) is 0 Å². The molecule has 0 aromatic heterocycles. The van der Waals surface area contributed by atoms with E-state index in [-0.39, 0.29) is 29.6 Å². The Bertz CT molecular complexity index is 117. The van der Waals surface area contributed by atoms with Crippen LogP contribution in [0.15, 0.2) is 0 Å². The van der Waals surface area contributed by atoms with E-state index in [4.69, 9.17) is 4.55 Å². The Balaban J connectivity index is 0. The van der Waals surface area contributed by atoms with Gasteiger partial charge in [-0.3, -0.25) is 4.55 Å². The van der Waals surface area contributed by atoms with Crippen LogP contribution in [0, 0.1) is 0 Å². The van der Waals surface area contributed by atoms with Crippen LogP contribution in [0.25, 0.3) is 4.72 Å². The number of rotatable bonds is 1. The van der Waals surface area contributed by atoms with Crippen LogP contribution in [0.3, 0.4) is 0 Å². The molecule has 0 radical (unpaired) electrons. The van der Waals surface area contributed by atoms with Crippen molar-refractivity contribution in [2.45, 2.75) is 0 Å². The van der Waals surface area contributed by atoms with E-state index in [2.05, 4.69) is 4.72 Å². The fourth-order valence-electron chi connectivity index (χ4n) is 0. The number of hydrogen-bond acceptors (Lipinski definition) is 2. The smallest absolute Gasteiger partial charge is 0.527 e. The van der Waals surface area contributed by atoms with E-state index in [1.165, 1.54) is 0 Å². The summed E-state index contributed by atoms with van der Waals surface area (Å²) in [6.45, 7) is 0. The van der Waals surface area contributed by atoms with E-state index in [1.807, 2.05) is 0 Å². The predicted octanol–water partition coefficient (Wildman–Crippen LogP) is -3.20. The number of hydrogen-bond donors (Lipinski definition) is 1. The van der Waals surface area contributed by atoms with Crippen molar-refractivity contribution >= 4 is 10.3 Å². The van der Waals surface area contributed by atoms with Crippen molar-refractivity contribution in [3.8, 4) is 0 Å². The van der Waals surface area contributed by atoms with Crippen molar-refractivity contribution in [2.24, 2.45) is 0 Å². The first kappa shape index (κ1) is 10.8. The second-order valence-corrected chi connectivity index (χ2v) is 1.89. The third-order valence-electron chi connectivity index (χ3n) is 0.231. The Labute approximate surface area is 64.5 Å². The van der Waals surface area contributed by atoms with Crippen molar-refractivity contribution in [2.75, 3.05) is 7.05 Å². The normalized spacial score (nSPS) is 10.0. The van der Waals surface area contributed by atoms with Gasteiger partial charge in [-0.25, -0.2) is 8.42 Å². The third-order valence-corrected chi connectivity index (χ3v) is 0.692. The summed E-state index contributed by atoms with van der Waals surface area (Å²) in [5.41, 5.74) is 0. The molecular formula is CH4NNaO3S. The van der Waals surface area contributed by atoms with Gasteiger partial charge >= 0.3 is 29.6 Å². The zero-order valence-electron chi connectivity index (χ0n) is 4.12. The topological polar surface area (TPSA) is 68.5 Å². The second-order valence-electron chi connectivity index (χ2n) is 0.630. The fraction of sp³-hybridized carbons (Fsp3) is 1.00. The first-order chi connectivity index (χ1) is 2.56. The van der Waals surface area contributed by atoms with Crippen LogP contribution in [0.2, 0.25) is 0 Å². The van der Waals surface area contributed by atoms with Crippen molar-refractivity contribution in [3.63, 3.8) is 0 Å². The van der Waals surface area contributed by atoms with Crippen LogP contribution < -0.4 is 29.6 Å². The molecule has 0 saturated heterocycles. The summed E-state index contributed by atoms with van der Waals surface area (Å²) in [7, 11) is -3.04. The zero-order valence-corrected chi connectivity index (χ0v) is 6.94. The zero-order chi connectivity index (χ0) is 5.21. The van der Waals surface area contributed by atoms with E-state index in [1.54, 1.807) is 0 Å². The molecule has 0 aromatic rings. The molecule has 0 atom stereocenters. The minimum Gasteiger partial charge on any atom is -0.527 e.